The molecular formula is C10H15N5O2. The molecule has 0 spiro atoms. The van der Waals surface area contributed by atoms with Gasteiger partial charge in [0.05, 0.1) is 25.6 Å². The smallest absolute Gasteiger partial charge is 0.319 e. The van der Waals surface area contributed by atoms with Gasteiger partial charge in [0.1, 0.15) is 0 Å². The van der Waals surface area contributed by atoms with Crippen LogP contribution in [0.5, 0.6) is 11.9 Å². The normalized spacial score (nSPS) is 10.8. The quantitative estimate of drug-likeness (QED) is 0.606. The predicted octanol–water partition coefficient (Wildman–Crippen LogP) is -0.448. The van der Waals surface area contributed by atoms with Crippen LogP contribution in [0.25, 0.3) is 5.70 Å². The number of nitrogens with zero attached hydrogens (tertiary/aromatic N) is 2. The van der Waals surface area contributed by atoms with Crippen LogP contribution in [0.1, 0.15) is 5.56 Å². The molecule has 0 saturated heterocycles. The van der Waals surface area contributed by atoms with E-state index in [0.29, 0.717) is 17.1 Å². The Morgan fingerprint density at radius 1 is 1.18 bits per heavy atom. The molecule has 0 aliphatic heterocycles. The van der Waals surface area contributed by atoms with E-state index in [1.54, 1.807) is 6.08 Å². The van der Waals surface area contributed by atoms with E-state index in [1.165, 1.54) is 26.5 Å². The summed E-state index contributed by atoms with van der Waals surface area (Å²) in [6, 6.07) is 0.201. The Hall–Kier alpha value is -2.44. The zero-order valence-corrected chi connectivity index (χ0v) is 9.68. The molecule has 1 aromatic heterocycles. The Morgan fingerprint density at radius 3 is 2.41 bits per heavy atom. The molecule has 0 unspecified atom stereocenters. The lowest BCUT2D eigenvalue weighted by atomic mass is 10.2. The number of hydrogen-bond acceptors (Lipinski definition) is 7. The van der Waals surface area contributed by atoms with E-state index >= 15 is 0 Å². The van der Waals surface area contributed by atoms with E-state index in [4.69, 9.17) is 26.7 Å². The fraction of sp³-hybridized carbons (Fsp3) is 0.200. The van der Waals surface area contributed by atoms with Crippen molar-refractivity contribution >= 4 is 5.70 Å². The van der Waals surface area contributed by atoms with E-state index in [2.05, 4.69) is 9.97 Å². The van der Waals surface area contributed by atoms with Gasteiger partial charge in [-0.15, -0.1) is 0 Å². The van der Waals surface area contributed by atoms with Gasteiger partial charge in [0.15, 0.2) is 0 Å². The molecule has 7 nitrogen and oxygen atoms in total. The second-order valence-corrected chi connectivity index (χ2v) is 3.07. The van der Waals surface area contributed by atoms with Crippen molar-refractivity contribution in [3.8, 4) is 11.9 Å². The summed E-state index contributed by atoms with van der Waals surface area (Å²) in [5.41, 5.74) is 17.3. The first kappa shape index (κ1) is 12.6. The van der Waals surface area contributed by atoms with Gasteiger partial charge >= 0.3 is 6.01 Å². The molecule has 0 aromatic carbocycles. The lowest BCUT2D eigenvalue weighted by molar-refractivity contribution is 0.351. The van der Waals surface area contributed by atoms with Gasteiger partial charge in [-0.3, -0.25) is 0 Å². The van der Waals surface area contributed by atoms with Gasteiger partial charge in [-0.2, -0.15) is 4.98 Å². The van der Waals surface area contributed by atoms with Crippen molar-refractivity contribution in [2.75, 3.05) is 14.2 Å². The molecule has 0 amide bonds. The van der Waals surface area contributed by atoms with Crippen LogP contribution in [-0.2, 0) is 0 Å². The molecule has 7 heteroatoms. The average Bonchev–Trinajstić information content (AvgIpc) is 2.34. The molecule has 1 rings (SSSR count). The third kappa shape index (κ3) is 3.26. The van der Waals surface area contributed by atoms with Gasteiger partial charge < -0.3 is 26.7 Å². The summed E-state index contributed by atoms with van der Waals surface area (Å²) in [6.07, 6.45) is 4.51. The minimum absolute atomic E-state index is 0.154. The molecule has 0 saturated carbocycles. The number of nitrogens with two attached hydrogens (primary N) is 3. The Bertz CT molecular complexity index is 452. The van der Waals surface area contributed by atoms with Gasteiger partial charge in [0.2, 0.25) is 5.88 Å². The zero-order chi connectivity index (χ0) is 12.8. The van der Waals surface area contributed by atoms with E-state index in [0.717, 1.165) is 0 Å². The maximum Gasteiger partial charge on any atom is 0.319 e. The minimum Gasteiger partial charge on any atom is -0.480 e. The van der Waals surface area contributed by atoms with Crippen molar-refractivity contribution in [3.63, 3.8) is 0 Å². The van der Waals surface area contributed by atoms with Crippen LogP contribution in [0.15, 0.2) is 24.2 Å². The van der Waals surface area contributed by atoms with E-state index < -0.39 is 0 Å². The SMILES string of the molecule is COc1ncc(/C(N)=C/C=C(N)N)c(OC)n1. The zero-order valence-electron chi connectivity index (χ0n) is 9.68. The summed E-state index contributed by atoms with van der Waals surface area (Å²) in [4.78, 5) is 7.93. The minimum atomic E-state index is 0.154. The van der Waals surface area contributed by atoms with Crippen LogP contribution in [0.2, 0.25) is 0 Å². The lowest BCUT2D eigenvalue weighted by Gasteiger charge is -2.07. The first-order valence-electron chi connectivity index (χ1n) is 4.72. The van der Waals surface area contributed by atoms with Gasteiger partial charge in [-0.05, 0) is 12.2 Å². The average molecular weight is 237 g/mol. The highest BCUT2D eigenvalue weighted by atomic mass is 16.5. The molecule has 0 atom stereocenters. The molecular weight excluding hydrogens is 222 g/mol. The van der Waals surface area contributed by atoms with Crippen LogP contribution in [0, 0.1) is 0 Å². The number of rotatable bonds is 4. The Morgan fingerprint density at radius 2 is 1.88 bits per heavy atom. The molecule has 0 radical (unpaired) electrons. The summed E-state index contributed by atoms with van der Waals surface area (Å²) in [7, 11) is 2.94. The summed E-state index contributed by atoms with van der Waals surface area (Å²) >= 11 is 0. The fourth-order valence-corrected chi connectivity index (χ4v) is 1.08. The molecule has 92 valence electrons. The standard InChI is InChI=1S/C10H15N5O2/c1-16-9-6(5-14-10(15-9)17-2)7(11)3-4-8(12)13/h3-5H,11-13H2,1-2H3/b7-3-. The van der Waals surface area contributed by atoms with Crippen LogP contribution in [-0.4, -0.2) is 24.2 Å². The van der Waals surface area contributed by atoms with Crippen LogP contribution >= 0.6 is 0 Å². The van der Waals surface area contributed by atoms with Crippen LogP contribution < -0.4 is 26.7 Å². The van der Waals surface area contributed by atoms with E-state index in [9.17, 15) is 0 Å². The van der Waals surface area contributed by atoms with E-state index in [-0.39, 0.29) is 11.8 Å². The number of allylic oxidation sites excluding steroid dienone is 2. The Balaban J connectivity index is 3.13. The first-order valence-corrected chi connectivity index (χ1v) is 4.72. The highest BCUT2D eigenvalue weighted by Crippen LogP contribution is 2.21. The van der Waals surface area contributed by atoms with Crippen molar-refractivity contribution in [1.29, 1.82) is 0 Å². The van der Waals surface area contributed by atoms with E-state index in [1.807, 2.05) is 0 Å². The van der Waals surface area contributed by atoms with Crippen molar-refractivity contribution in [2.24, 2.45) is 17.2 Å². The third-order valence-corrected chi connectivity index (χ3v) is 1.87. The number of hydrogen-bond donors (Lipinski definition) is 3. The summed E-state index contributed by atoms with van der Waals surface area (Å²) < 4.78 is 9.96. The number of ether oxygens (including phenoxy) is 2. The molecule has 0 fully saturated rings. The lowest BCUT2D eigenvalue weighted by Crippen LogP contribution is -2.08. The fourth-order valence-electron chi connectivity index (χ4n) is 1.08. The number of aromatic nitrogens is 2. The van der Waals surface area contributed by atoms with Gasteiger partial charge in [-0.1, -0.05) is 0 Å². The highest BCUT2D eigenvalue weighted by molar-refractivity contribution is 5.67. The molecule has 0 aliphatic carbocycles. The molecule has 0 bridgehead atoms. The second-order valence-electron chi connectivity index (χ2n) is 3.07. The van der Waals surface area contributed by atoms with Crippen molar-refractivity contribution in [3.05, 3.63) is 29.7 Å². The molecule has 1 aromatic rings. The topological polar surface area (TPSA) is 122 Å². The van der Waals surface area contributed by atoms with Gasteiger partial charge in [-0.25, -0.2) is 4.98 Å². The molecule has 6 N–H and O–H groups in total. The van der Waals surface area contributed by atoms with Crippen molar-refractivity contribution in [1.82, 2.24) is 9.97 Å². The molecule has 17 heavy (non-hydrogen) atoms. The first-order chi connectivity index (χ1) is 8.08. The predicted molar refractivity (Wildman–Crippen MR) is 63.8 cm³/mol. The monoisotopic (exact) mass is 237 g/mol. The summed E-state index contributed by atoms with van der Waals surface area (Å²) in [6.45, 7) is 0. The van der Waals surface area contributed by atoms with Gasteiger partial charge in [0, 0.05) is 11.9 Å². The Labute approximate surface area is 98.9 Å². The maximum absolute atomic E-state index is 5.82. The van der Waals surface area contributed by atoms with Crippen molar-refractivity contribution in [2.45, 2.75) is 0 Å². The molecule has 0 aliphatic rings. The molecule has 1 heterocycles. The maximum atomic E-state index is 5.82. The van der Waals surface area contributed by atoms with Crippen LogP contribution in [0.3, 0.4) is 0 Å². The Kier molecular flexibility index (Phi) is 4.15. The summed E-state index contributed by atoms with van der Waals surface area (Å²) in [5, 5.41) is 0. The second kappa shape index (κ2) is 5.59. The largest absolute Gasteiger partial charge is 0.480 e. The third-order valence-electron chi connectivity index (χ3n) is 1.87. The van der Waals surface area contributed by atoms with Crippen LogP contribution in [0.4, 0.5) is 0 Å². The van der Waals surface area contributed by atoms with Gasteiger partial charge in [0.25, 0.3) is 0 Å². The number of methoxy groups -OCH3 is 2. The highest BCUT2D eigenvalue weighted by Gasteiger charge is 2.09. The summed E-state index contributed by atoms with van der Waals surface area (Å²) in [5.74, 6) is 0.468. The van der Waals surface area contributed by atoms with Crippen molar-refractivity contribution < 1.29 is 9.47 Å².